The van der Waals surface area contributed by atoms with Crippen LogP contribution in [0.5, 0.6) is 0 Å². The van der Waals surface area contributed by atoms with Crippen LogP contribution in [0.1, 0.15) is 26.2 Å². The van der Waals surface area contributed by atoms with Gasteiger partial charge in [-0.1, -0.05) is 30.0 Å². The number of hydrogen-bond donors (Lipinski definition) is 0. The first-order chi connectivity index (χ1) is 8.70. The molecule has 0 amide bonds. The molecule has 1 aliphatic carbocycles. The van der Waals surface area contributed by atoms with E-state index in [0.717, 1.165) is 25.0 Å². The van der Waals surface area contributed by atoms with Crippen LogP contribution in [0.2, 0.25) is 0 Å². The Kier molecular flexibility index (Phi) is 4.48. The van der Waals surface area contributed by atoms with E-state index in [2.05, 4.69) is 12.1 Å². The lowest BCUT2D eigenvalue weighted by Gasteiger charge is -2.24. The van der Waals surface area contributed by atoms with Gasteiger partial charge in [-0.25, -0.2) is 0 Å². The van der Waals surface area contributed by atoms with Gasteiger partial charge in [-0.2, -0.15) is 0 Å². The van der Waals surface area contributed by atoms with Crippen molar-refractivity contribution in [1.29, 1.82) is 0 Å². The van der Waals surface area contributed by atoms with Crippen LogP contribution in [0.3, 0.4) is 0 Å². The van der Waals surface area contributed by atoms with Crippen molar-refractivity contribution in [3.8, 4) is 0 Å². The number of carbonyl (C=O) groups is 1. The smallest absolute Gasteiger partial charge is 0.133 e. The summed E-state index contributed by atoms with van der Waals surface area (Å²) in [7, 11) is 1.70. The zero-order valence-corrected chi connectivity index (χ0v) is 11.6. The number of carbonyl (C=O) groups excluding carboxylic acids is 1. The fourth-order valence-corrected chi connectivity index (χ4v) is 3.25. The molecule has 2 nitrogen and oxygen atoms in total. The summed E-state index contributed by atoms with van der Waals surface area (Å²) in [6.45, 7) is 1.67. The number of ether oxygens (including phenoxy) is 1. The molecular weight excluding hydrogens is 244 g/mol. The normalized spacial score (nSPS) is 19.8. The maximum Gasteiger partial charge on any atom is 0.133 e. The Bertz CT molecular complexity index is 451. The second-order valence-corrected chi connectivity index (χ2v) is 5.68. The second kappa shape index (κ2) is 6.10. The molecule has 0 fully saturated rings. The van der Waals surface area contributed by atoms with Gasteiger partial charge in [0, 0.05) is 22.1 Å². The number of benzene rings is 1. The Morgan fingerprint density at radius 2 is 2.06 bits per heavy atom. The summed E-state index contributed by atoms with van der Waals surface area (Å²) in [5.41, 5.74) is 0. The van der Waals surface area contributed by atoms with Crippen LogP contribution in [-0.2, 0) is 9.53 Å². The van der Waals surface area contributed by atoms with E-state index in [4.69, 9.17) is 4.74 Å². The fraction of sp³-hybridized carbons (Fsp3) is 0.400. The van der Waals surface area contributed by atoms with Gasteiger partial charge in [0.05, 0.1) is 7.11 Å². The molecule has 96 valence electrons. The van der Waals surface area contributed by atoms with Gasteiger partial charge in [-0.05, 0) is 31.9 Å². The minimum Gasteiger partial charge on any atom is -0.500 e. The molecule has 18 heavy (non-hydrogen) atoms. The molecule has 0 bridgehead atoms. The summed E-state index contributed by atoms with van der Waals surface area (Å²) in [5.74, 6) is 1.39. The van der Waals surface area contributed by atoms with Crippen molar-refractivity contribution in [2.45, 2.75) is 31.1 Å². The average Bonchev–Trinajstić information content (AvgIpc) is 2.40. The monoisotopic (exact) mass is 262 g/mol. The standard InChI is InChI=1S/C15H18O2S/c1-11(16)12-8-9-15(14(10-12)17-2)18-13-6-4-3-5-7-13/h3-7,12H,8-10H2,1-2H3. The molecule has 3 heteroatoms. The molecule has 0 aromatic heterocycles. The van der Waals surface area contributed by atoms with Gasteiger partial charge in [0.1, 0.15) is 11.5 Å². The van der Waals surface area contributed by atoms with E-state index in [1.807, 2.05) is 18.2 Å². The molecule has 1 aliphatic rings. The molecule has 1 aromatic carbocycles. The van der Waals surface area contributed by atoms with Gasteiger partial charge in [-0.15, -0.1) is 0 Å². The quantitative estimate of drug-likeness (QED) is 0.819. The first-order valence-electron chi connectivity index (χ1n) is 6.20. The molecule has 0 N–H and O–H groups in total. The van der Waals surface area contributed by atoms with E-state index in [9.17, 15) is 4.79 Å². The van der Waals surface area contributed by atoms with Gasteiger partial charge < -0.3 is 4.74 Å². The molecule has 0 saturated carbocycles. The number of allylic oxidation sites excluding steroid dienone is 2. The predicted octanol–water partition coefficient (Wildman–Crippen LogP) is 4.03. The SMILES string of the molecule is COC1=C(Sc2ccccc2)CCC(C(C)=O)C1. The minimum atomic E-state index is 0.139. The van der Waals surface area contributed by atoms with Crippen LogP contribution < -0.4 is 0 Å². The summed E-state index contributed by atoms with van der Waals surface area (Å²) in [6, 6.07) is 10.3. The van der Waals surface area contributed by atoms with Crippen LogP contribution in [0.4, 0.5) is 0 Å². The molecule has 0 radical (unpaired) electrons. The second-order valence-electron chi connectivity index (χ2n) is 4.52. The molecule has 1 unspecified atom stereocenters. The van der Waals surface area contributed by atoms with Crippen LogP contribution >= 0.6 is 11.8 Å². The first kappa shape index (κ1) is 13.2. The van der Waals surface area contributed by atoms with Crippen LogP contribution in [0, 0.1) is 5.92 Å². The largest absolute Gasteiger partial charge is 0.500 e. The van der Waals surface area contributed by atoms with Gasteiger partial charge in [-0.3, -0.25) is 4.79 Å². The highest BCUT2D eigenvalue weighted by molar-refractivity contribution is 8.03. The fourth-order valence-electron chi connectivity index (χ4n) is 2.17. The van der Waals surface area contributed by atoms with Gasteiger partial charge in [0.2, 0.25) is 0 Å². The van der Waals surface area contributed by atoms with Crippen LogP contribution in [-0.4, -0.2) is 12.9 Å². The summed E-state index contributed by atoms with van der Waals surface area (Å²) in [6.07, 6.45) is 2.63. The number of methoxy groups -OCH3 is 1. The minimum absolute atomic E-state index is 0.139. The van der Waals surface area contributed by atoms with E-state index in [1.165, 1.54) is 9.80 Å². The highest BCUT2D eigenvalue weighted by Gasteiger charge is 2.25. The van der Waals surface area contributed by atoms with Crippen molar-refractivity contribution in [1.82, 2.24) is 0 Å². The zero-order valence-electron chi connectivity index (χ0n) is 10.8. The molecule has 0 spiro atoms. The molecule has 1 atom stereocenters. The third-order valence-electron chi connectivity index (χ3n) is 3.27. The summed E-state index contributed by atoms with van der Waals surface area (Å²) in [4.78, 5) is 13.9. The summed E-state index contributed by atoms with van der Waals surface area (Å²) < 4.78 is 5.46. The Balaban J connectivity index is 2.13. The maximum absolute atomic E-state index is 11.4. The lowest BCUT2D eigenvalue weighted by Crippen LogP contribution is -2.17. The topological polar surface area (TPSA) is 26.3 Å². The number of ketones is 1. The zero-order chi connectivity index (χ0) is 13.0. The molecular formula is C15H18O2S. The highest BCUT2D eigenvalue weighted by atomic mass is 32.2. The molecule has 1 aromatic rings. The van der Waals surface area contributed by atoms with Gasteiger partial charge in [0.25, 0.3) is 0 Å². The highest BCUT2D eigenvalue weighted by Crippen LogP contribution is 2.39. The van der Waals surface area contributed by atoms with E-state index >= 15 is 0 Å². The van der Waals surface area contributed by atoms with Crippen molar-refractivity contribution < 1.29 is 9.53 Å². The van der Waals surface area contributed by atoms with E-state index in [-0.39, 0.29) is 11.7 Å². The van der Waals surface area contributed by atoms with Crippen molar-refractivity contribution in [2.24, 2.45) is 5.92 Å². The summed E-state index contributed by atoms with van der Waals surface area (Å²) >= 11 is 1.75. The van der Waals surface area contributed by atoms with Crippen molar-refractivity contribution in [3.63, 3.8) is 0 Å². The number of Topliss-reactive ketones (excluding diaryl/α,β-unsaturated/α-hetero) is 1. The van der Waals surface area contributed by atoms with E-state index in [1.54, 1.807) is 25.8 Å². The Morgan fingerprint density at radius 1 is 1.33 bits per heavy atom. The predicted molar refractivity (Wildman–Crippen MR) is 74.4 cm³/mol. The molecule has 0 saturated heterocycles. The van der Waals surface area contributed by atoms with Crippen LogP contribution in [0.15, 0.2) is 45.9 Å². The van der Waals surface area contributed by atoms with E-state index in [0.29, 0.717) is 0 Å². The van der Waals surface area contributed by atoms with Gasteiger partial charge in [0.15, 0.2) is 0 Å². The van der Waals surface area contributed by atoms with Crippen molar-refractivity contribution in [2.75, 3.05) is 7.11 Å². The Hall–Kier alpha value is -1.22. The third-order valence-corrected chi connectivity index (χ3v) is 4.45. The third kappa shape index (κ3) is 3.16. The first-order valence-corrected chi connectivity index (χ1v) is 7.01. The number of rotatable bonds is 4. The van der Waals surface area contributed by atoms with E-state index < -0.39 is 0 Å². The average molecular weight is 262 g/mol. The lowest BCUT2D eigenvalue weighted by molar-refractivity contribution is -0.121. The molecule has 0 aliphatic heterocycles. The van der Waals surface area contributed by atoms with Gasteiger partial charge >= 0.3 is 0 Å². The molecule has 2 rings (SSSR count). The maximum atomic E-state index is 11.4. The molecule has 0 heterocycles. The van der Waals surface area contributed by atoms with Crippen molar-refractivity contribution in [3.05, 3.63) is 41.0 Å². The Labute approximate surface area is 112 Å². The Morgan fingerprint density at radius 3 is 2.67 bits per heavy atom. The summed E-state index contributed by atoms with van der Waals surface area (Å²) in [5, 5.41) is 0. The van der Waals surface area contributed by atoms with Crippen molar-refractivity contribution >= 4 is 17.5 Å². The van der Waals surface area contributed by atoms with Crippen LogP contribution in [0.25, 0.3) is 0 Å². The lowest BCUT2D eigenvalue weighted by atomic mass is 9.90. The number of thioether (sulfide) groups is 1. The number of hydrogen-bond acceptors (Lipinski definition) is 3.